The first-order valence-electron chi connectivity index (χ1n) is 9.74. The fraction of sp³-hybridized carbons (Fsp3) is 0.455. The van der Waals surface area contributed by atoms with Gasteiger partial charge >= 0.3 is 0 Å². The predicted octanol–water partition coefficient (Wildman–Crippen LogP) is 4.46. The minimum atomic E-state index is -3.02. The zero-order chi connectivity index (χ0) is 25.3. The molecule has 0 saturated heterocycles. The van der Waals surface area contributed by atoms with Crippen molar-refractivity contribution in [2.75, 3.05) is 24.0 Å². The zero-order valence-electron chi connectivity index (χ0n) is 19.8. The van der Waals surface area contributed by atoms with Gasteiger partial charge in [0, 0.05) is 80.4 Å². The van der Waals surface area contributed by atoms with Crippen molar-refractivity contribution < 1.29 is 35.4 Å². The van der Waals surface area contributed by atoms with Crippen molar-refractivity contribution in [3.63, 3.8) is 0 Å². The molecule has 0 aromatic heterocycles. The van der Waals surface area contributed by atoms with E-state index in [1.54, 1.807) is 0 Å². The topological polar surface area (TPSA) is 120 Å². The van der Waals surface area contributed by atoms with Crippen molar-refractivity contribution in [2.24, 2.45) is 11.5 Å². The third-order valence-electron chi connectivity index (χ3n) is 4.88. The molecule has 2 rings (SSSR count). The summed E-state index contributed by atoms with van der Waals surface area (Å²) in [7, 11) is -6.04. The van der Waals surface area contributed by atoms with E-state index in [-0.39, 0.29) is 30.1 Å². The minimum Gasteiger partial charge on any atom is -0.323 e. The fourth-order valence-electron chi connectivity index (χ4n) is 2.84. The number of aryl methyl sites for hydroxylation is 4. The van der Waals surface area contributed by atoms with Crippen LogP contribution < -0.4 is 11.5 Å². The number of hydrogen-bond acceptors (Lipinski definition) is 6. The molecular formula is C22H34I2N2O4S2V. The second-order valence-electron chi connectivity index (χ2n) is 8.09. The summed E-state index contributed by atoms with van der Waals surface area (Å²) >= 11 is 4.24. The first-order chi connectivity index (χ1) is 14.6. The quantitative estimate of drug-likeness (QED) is 0.420. The van der Waals surface area contributed by atoms with Crippen LogP contribution in [-0.4, -0.2) is 40.9 Å². The van der Waals surface area contributed by atoms with Crippen LogP contribution in [-0.2, 0) is 38.2 Å². The number of halogens is 2. The van der Waals surface area contributed by atoms with Gasteiger partial charge in [-0.15, -0.1) is 0 Å². The number of nitrogens with two attached hydrogens (primary N) is 2. The van der Waals surface area contributed by atoms with E-state index in [1.165, 1.54) is 23.6 Å². The molecular weight excluding hydrogens is 725 g/mol. The summed E-state index contributed by atoms with van der Waals surface area (Å²) < 4.78 is 44.3. The first kappa shape index (κ1) is 35.5. The molecule has 2 aromatic carbocycles. The molecule has 2 aromatic rings. The maximum absolute atomic E-state index is 11.1. The van der Waals surface area contributed by atoms with Gasteiger partial charge in [0.05, 0.1) is 11.5 Å². The van der Waals surface area contributed by atoms with Gasteiger partial charge in [-0.05, 0) is 61.1 Å². The Kier molecular flexibility index (Phi) is 17.3. The van der Waals surface area contributed by atoms with Crippen LogP contribution in [0.2, 0.25) is 0 Å². The largest absolute Gasteiger partial charge is 0.323 e. The molecule has 2 atom stereocenters. The summed E-state index contributed by atoms with van der Waals surface area (Å²) in [5, 5.41) is 0. The summed E-state index contributed by atoms with van der Waals surface area (Å²) in [5.41, 5.74) is 18.0. The normalized spacial score (nSPS) is 12.8. The van der Waals surface area contributed by atoms with E-state index in [0.29, 0.717) is 0 Å². The van der Waals surface area contributed by atoms with Gasteiger partial charge in [0.1, 0.15) is 19.7 Å². The van der Waals surface area contributed by atoms with Gasteiger partial charge in [-0.3, -0.25) is 0 Å². The average Bonchev–Trinajstić information content (AvgIpc) is 2.65. The molecule has 0 fully saturated rings. The molecule has 11 heteroatoms. The minimum absolute atomic E-state index is 0. The van der Waals surface area contributed by atoms with Crippen LogP contribution >= 0.6 is 37.2 Å². The molecule has 0 bridgehead atoms. The van der Waals surface area contributed by atoms with E-state index >= 15 is 0 Å². The van der Waals surface area contributed by atoms with Gasteiger partial charge in [0.25, 0.3) is 0 Å². The molecule has 1 unspecified atom stereocenters. The van der Waals surface area contributed by atoms with Crippen molar-refractivity contribution in [3.05, 3.63) is 69.8 Å². The number of hydrogen-bond donors (Lipinski definition) is 2. The maximum atomic E-state index is 11.1. The molecule has 0 aliphatic rings. The van der Waals surface area contributed by atoms with Crippen molar-refractivity contribution in [1.82, 2.24) is 0 Å². The van der Waals surface area contributed by atoms with Crippen molar-refractivity contribution in [3.8, 4) is 0 Å². The molecule has 0 spiro atoms. The van der Waals surface area contributed by atoms with E-state index < -0.39 is 31.8 Å². The molecule has 4 N–H and O–H groups in total. The molecule has 0 saturated carbocycles. The van der Waals surface area contributed by atoms with Gasteiger partial charge in [-0.2, -0.15) is 0 Å². The van der Waals surface area contributed by atoms with E-state index in [2.05, 4.69) is 37.2 Å². The van der Waals surface area contributed by atoms with Gasteiger partial charge in [-0.1, -0.05) is 36.4 Å². The summed E-state index contributed by atoms with van der Waals surface area (Å²) in [4.78, 5) is 0. The molecule has 0 aliphatic carbocycles. The van der Waals surface area contributed by atoms with E-state index in [0.717, 1.165) is 22.3 Å². The molecule has 0 amide bonds. The molecule has 1 radical (unpaired) electrons. The summed E-state index contributed by atoms with van der Waals surface area (Å²) in [5.74, 6) is -0.00893. The number of rotatable bonds is 6. The Morgan fingerprint density at radius 2 is 0.939 bits per heavy atom. The third-order valence-corrected chi connectivity index (χ3v) is 6.81. The second-order valence-corrected chi connectivity index (χ2v) is 12.5. The van der Waals surface area contributed by atoms with Gasteiger partial charge < -0.3 is 11.5 Å². The van der Waals surface area contributed by atoms with Crippen molar-refractivity contribution in [1.29, 1.82) is 0 Å². The number of sulfone groups is 2. The predicted molar refractivity (Wildman–Crippen MR) is 153 cm³/mol. The van der Waals surface area contributed by atoms with Crippen LogP contribution in [0.4, 0.5) is 0 Å². The van der Waals surface area contributed by atoms with Crippen LogP contribution in [0.5, 0.6) is 0 Å². The van der Waals surface area contributed by atoms with Crippen molar-refractivity contribution >= 4 is 56.9 Å². The van der Waals surface area contributed by atoms with E-state index in [9.17, 15) is 16.8 Å². The average molecular weight is 759 g/mol. The Labute approximate surface area is 235 Å². The maximum Gasteiger partial charge on any atom is 0.149 e. The first-order valence-corrected chi connectivity index (χ1v) is 20.1. The van der Waals surface area contributed by atoms with Crippen LogP contribution in [0.3, 0.4) is 0 Å². The summed E-state index contributed by atoms with van der Waals surface area (Å²) in [6.07, 6.45) is 2.40. The molecule has 33 heavy (non-hydrogen) atoms. The Bertz CT molecular complexity index is 1010. The van der Waals surface area contributed by atoms with Crippen LogP contribution in [0.15, 0.2) is 36.4 Å². The van der Waals surface area contributed by atoms with Gasteiger partial charge in [-0.25, -0.2) is 16.8 Å². The van der Waals surface area contributed by atoms with Crippen LogP contribution in [0.1, 0.15) is 45.5 Å². The van der Waals surface area contributed by atoms with Crippen molar-refractivity contribution in [2.45, 2.75) is 39.8 Å². The molecule has 6 nitrogen and oxygen atoms in total. The summed E-state index contributed by atoms with van der Waals surface area (Å²) in [6, 6.07) is 10.7. The zero-order valence-corrected chi connectivity index (χ0v) is 27.2. The van der Waals surface area contributed by atoms with E-state index in [1.807, 2.05) is 64.1 Å². The van der Waals surface area contributed by atoms with Gasteiger partial charge in [0.15, 0.2) is 0 Å². The Morgan fingerprint density at radius 3 is 1.15 bits per heavy atom. The smallest absolute Gasteiger partial charge is 0.149 e. The Balaban J connectivity index is 0. The Hall–Kier alpha value is 0.304. The van der Waals surface area contributed by atoms with Crippen LogP contribution in [0, 0.1) is 27.7 Å². The molecule has 187 valence electrons. The van der Waals surface area contributed by atoms with E-state index in [4.69, 9.17) is 11.5 Å². The van der Waals surface area contributed by atoms with Crippen LogP contribution in [0.25, 0.3) is 0 Å². The Morgan fingerprint density at radius 1 is 0.667 bits per heavy atom. The third kappa shape index (κ3) is 15.1. The van der Waals surface area contributed by atoms with Gasteiger partial charge in [0.2, 0.25) is 0 Å². The fourth-order valence-corrected chi connectivity index (χ4v) is 4.52. The molecule has 0 heterocycles. The standard InChI is InChI=1S/2C11H17NO2S.I2.V/c2*1-8-4-5-10(6-9(8)2)11(12)7-15(3,13)14;1-2;/h2*4-6,11H,7,12H2,1-3H3;;/t11-;;;/m1.../s1. The monoisotopic (exact) mass is 759 g/mol. The SMILES string of the molecule is Cc1ccc(C(N)CS(C)(=O)=O)cc1C.Cc1ccc([C@H](N)CS(C)(=O)=O)cc1C.II.[V]. The second kappa shape index (κ2) is 16.1. The molecule has 0 aliphatic heterocycles. The summed E-state index contributed by atoms with van der Waals surface area (Å²) in [6.45, 7) is 8.01. The number of benzene rings is 2.